The van der Waals surface area contributed by atoms with Crippen LogP contribution in [-0.2, 0) is 4.79 Å². The average molecular weight is 385 g/mol. The van der Waals surface area contributed by atoms with Crippen LogP contribution < -0.4 is 10.6 Å². The number of thioether (sulfide) groups is 1. The van der Waals surface area contributed by atoms with Crippen LogP contribution in [0.3, 0.4) is 0 Å². The van der Waals surface area contributed by atoms with Crippen LogP contribution in [0, 0.1) is 6.92 Å². The number of hydrogen-bond donors (Lipinski definition) is 2. The smallest absolute Gasteiger partial charge is 0.251 e. The lowest BCUT2D eigenvalue weighted by molar-refractivity contribution is -0.118. The minimum atomic E-state index is -0.576. The second-order valence-corrected chi connectivity index (χ2v) is 7.93. The zero-order valence-electron chi connectivity index (χ0n) is 16.4. The molecule has 0 heterocycles. The number of amides is 2. The summed E-state index contributed by atoms with van der Waals surface area (Å²) in [7, 11) is 0. The summed E-state index contributed by atoms with van der Waals surface area (Å²) >= 11 is 1.65. The van der Waals surface area contributed by atoms with E-state index in [0.29, 0.717) is 17.9 Å². The molecule has 2 amide bonds. The molecule has 0 bridgehead atoms. The SMILES string of the molecule is CSCCC(NC(=O)c1cccc(C)c1)C(=O)Nc1cccc(C(C)C)c1. The Labute approximate surface area is 166 Å². The molecule has 1 unspecified atom stereocenters. The lowest BCUT2D eigenvalue weighted by Crippen LogP contribution is -2.44. The molecule has 0 aliphatic carbocycles. The van der Waals surface area contributed by atoms with Gasteiger partial charge in [0.25, 0.3) is 5.91 Å². The fourth-order valence-corrected chi connectivity index (χ4v) is 3.21. The van der Waals surface area contributed by atoms with E-state index in [1.807, 2.05) is 55.6 Å². The minimum absolute atomic E-state index is 0.189. The highest BCUT2D eigenvalue weighted by Gasteiger charge is 2.21. The molecule has 2 N–H and O–H groups in total. The van der Waals surface area contributed by atoms with E-state index in [1.165, 1.54) is 0 Å². The first-order chi connectivity index (χ1) is 12.9. The van der Waals surface area contributed by atoms with E-state index in [1.54, 1.807) is 17.8 Å². The number of rotatable bonds is 8. The second-order valence-electron chi connectivity index (χ2n) is 6.95. The van der Waals surface area contributed by atoms with Gasteiger partial charge in [-0.2, -0.15) is 11.8 Å². The lowest BCUT2D eigenvalue weighted by atomic mass is 10.0. The van der Waals surface area contributed by atoms with Gasteiger partial charge in [0.15, 0.2) is 0 Å². The predicted octanol–water partition coefficient (Wildman–Crippen LogP) is 4.61. The summed E-state index contributed by atoms with van der Waals surface area (Å²) < 4.78 is 0. The minimum Gasteiger partial charge on any atom is -0.340 e. The van der Waals surface area contributed by atoms with Gasteiger partial charge in [-0.1, -0.05) is 43.7 Å². The first-order valence-electron chi connectivity index (χ1n) is 9.18. The second kappa shape index (κ2) is 10.2. The molecule has 0 saturated heterocycles. The summed E-state index contributed by atoms with van der Waals surface area (Å²) in [6.07, 6.45) is 2.57. The van der Waals surface area contributed by atoms with Crippen LogP contribution in [0.1, 0.15) is 47.7 Å². The first kappa shape index (κ1) is 21.0. The van der Waals surface area contributed by atoms with E-state index in [2.05, 4.69) is 24.5 Å². The molecule has 2 aromatic carbocycles. The number of nitrogens with one attached hydrogen (secondary N) is 2. The standard InChI is InChI=1S/C22H28N2O2S/c1-15(2)17-8-6-10-19(14-17)23-22(26)20(11-12-27-4)24-21(25)18-9-5-7-16(3)13-18/h5-10,13-15,20H,11-12H2,1-4H3,(H,23,26)(H,24,25). The number of benzene rings is 2. The summed E-state index contributed by atoms with van der Waals surface area (Å²) in [5, 5.41) is 5.84. The molecule has 4 nitrogen and oxygen atoms in total. The maximum atomic E-state index is 12.8. The van der Waals surface area contributed by atoms with Crippen molar-refractivity contribution in [1.82, 2.24) is 5.32 Å². The van der Waals surface area contributed by atoms with Gasteiger partial charge in [-0.05, 0) is 61.1 Å². The lowest BCUT2D eigenvalue weighted by Gasteiger charge is -2.19. The van der Waals surface area contributed by atoms with Crippen molar-refractivity contribution in [2.45, 2.75) is 39.2 Å². The largest absolute Gasteiger partial charge is 0.340 e. The van der Waals surface area contributed by atoms with Crippen LogP contribution in [0.2, 0.25) is 0 Å². The van der Waals surface area contributed by atoms with Gasteiger partial charge >= 0.3 is 0 Å². The highest BCUT2D eigenvalue weighted by Crippen LogP contribution is 2.19. The van der Waals surface area contributed by atoms with Gasteiger partial charge in [0.05, 0.1) is 0 Å². The van der Waals surface area contributed by atoms with Gasteiger partial charge in [-0.15, -0.1) is 0 Å². The quantitative estimate of drug-likeness (QED) is 0.699. The maximum absolute atomic E-state index is 12.8. The molecular weight excluding hydrogens is 356 g/mol. The van der Waals surface area contributed by atoms with Crippen molar-refractivity contribution < 1.29 is 9.59 Å². The van der Waals surface area contributed by atoms with E-state index in [9.17, 15) is 9.59 Å². The van der Waals surface area contributed by atoms with Crippen LogP contribution in [0.15, 0.2) is 48.5 Å². The Morgan fingerprint density at radius 3 is 2.48 bits per heavy atom. The van der Waals surface area contributed by atoms with E-state index >= 15 is 0 Å². The van der Waals surface area contributed by atoms with Crippen LogP contribution in [-0.4, -0.2) is 29.9 Å². The summed E-state index contributed by atoms with van der Waals surface area (Å²) in [6.45, 7) is 6.17. The number of carbonyl (C=O) groups is 2. The highest BCUT2D eigenvalue weighted by atomic mass is 32.2. The normalized spacial score (nSPS) is 11.9. The Kier molecular flexibility index (Phi) is 7.92. The molecule has 0 radical (unpaired) electrons. The molecule has 0 spiro atoms. The van der Waals surface area contributed by atoms with Crippen molar-refractivity contribution >= 4 is 29.3 Å². The molecule has 27 heavy (non-hydrogen) atoms. The number of carbonyl (C=O) groups excluding carboxylic acids is 2. The van der Waals surface area contributed by atoms with Crippen molar-refractivity contribution in [2.75, 3.05) is 17.3 Å². The third kappa shape index (κ3) is 6.43. The number of aryl methyl sites for hydroxylation is 1. The third-order valence-corrected chi connectivity index (χ3v) is 4.98. The van der Waals surface area contributed by atoms with Gasteiger partial charge in [0.1, 0.15) is 6.04 Å². The molecule has 0 aliphatic rings. The molecule has 1 atom stereocenters. The highest BCUT2D eigenvalue weighted by molar-refractivity contribution is 7.98. The predicted molar refractivity (Wildman–Crippen MR) is 115 cm³/mol. The summed E-state index contributed by atoms with van der Waals surface area (Å²) in [5.74, 6) is 0.759. The average Bonchev–Trinajstić information content (AvgIpc) is 2.65. The van der Waals surface area contributed by atoms with Gasteiger partial charge in [0, 0.05) is 11.3 Å². The molecule has 0 fully saturated rings. The fraction of sp³-hybridized carbons (Fsp3) is 0.364. The topological polar surface area (TPSA) is 58.2 Å². The van der Waals surface area contributed by atoms with Crippen LogP contribution >= 0.6 is 11.8 Å². The van der Waals surface area contributed by atoms with Crippen LogP contribution in [0.4, 0.5) is 5.69 Å². The molecule has 5 heteroatoms. The van der Waals surface area contributed by atoms with E-state index in [4.69, 9.17) is 0 Å². The van der Waals surface area contributed by atoms with Crippen molar-refractivity contribution in [2.24, 2.45) is 0 Å². The summed E-state index contributed by atoms with van der Waals surface area (Å²) in [6, 6.07) is 14.6. The van der Waals surface area contributed by atoms with Gasteiger partial charge < -0.3 is 10.6 Å². The van der Waals surface area contributed by atoms with Crippen LogP contribution in [0.5, 0.6) is 0 Å². The summed E-state index contributed by atoms with van der Waals surface area (Å²) in [5.41, 5.74) is 3.50. The van der Waals surface area contributed by atoms with Crippen molar-refractivity contribution in [1.29, 1.82) is 0 Å². The van der Waals surface area contributed by atoms with Crippen molar-refractivity contribution in [3.63, 3.8) is 0 Å². The molecule has 0 saturated carbocycles. The monoisotopic (exact) mass is 384 g/mol. The third-order valence-electron chi connectivity index (χ3n) is 4.33. The van der Waals surface area contributed by atoms with Crippen molar-refractivity contribution in [3.8, 4) is 0 Å². The molecule has 0 aromatic heterocycles. The number of hydrogen-bond acceptors (Lipinski definition) is 3. The molecule has 2 rings (SSSR count). The first-order valence-corrected chi connectivity index (χ1v) is 10.6. The van der Waals surface area contributed by atoms with E-state index in [-0.39, 0.29) is 11.8 Å². The van der Waals surface area contributed by atoms with Crippen molar-refractivity contribution in [3.05, 3.63) is 65.2 Å². The maximum Gasteiger partial charge on any atom is 0.251 e. The Hall–Kier alpha value is -2.27. The molecule has 0 aliphatic heterocycles. The van der Waals surface area contributed by atoms with Gasteiger partial charge in [0.2, 0.25) is 5.91 Å². The van der Waals surface area contributed by atoms with Crippen LogP contribution in [0.25, 0.3) is 0 Å². The van der Waals surface area contributed by atoms with Gasteiger partial charge in [-0.3, -0.25) is 9.59 Å². The molecule has 144 valence electrons. The number of anilines is 1. The Bertz CT molecular complexity index is 789. The zero-order valence-corrected chi connectivity index (χ0v) is 17.2. The van der Waals surface area contributed by atoms with Gasteiger partial charge in [-0.25, -0.2) is 0 Å². The molecule has 2 aromatic rings. The van der Waals surface area contributed by atoms with E-state index in [0.717, 1.165) is 22.6 Å². The fourth-order valence-electron chi connectivity index (χ4n) is 2.74. The Morgan fingerprint density at radius 2 is 1.81 bits per heavy atom. The molecular formula is C22H28N2O2S. The van der Waals surface area contributed by atoms with E-state index < -0.39 is 6.04 Å². The summed E-state index contributed by atoms with van der Waals surface area (Å²) in [4.78, 5) is 25.4. The Morgan fingerprint density at radius 1 is 1.07 bits per heavy atom. The zero-order chi connectivity index (χ0) is 19.8. The Balaban J connectivity index is 2.11.